The fourth-order valence-electron chi connectivity index (χ4n) is 3.62. The van der Waals surface area contributed by atoms with Crippen LogP contribution in [-0.4, -0.2) is 39.2 Å². The van der Waals surface area contributed by atoms with Crippen LogP contribution in [0.5, 0.6) is 0 Å². The van der Waals surface area contributed by atoms with E-state index in [9.17, 15) is 8.42 Å². The Morgan fingerprint density at radius 1 is 1.12 bits per heavy atom. The molecule has 0 aromatic heterocycles. The summed E-state index contributed by atoms with van der Waals surface area (Å²) in [6.07, 6.45) is 15.0. The summed E-state index contributed by atoms with van der Waals surface area (Å²) in [6, 6.07) is 7.46. The Morgan fingerprint density at radius 3 is 2.42 bits per heavy atom. The molecule has 26 heavy (non-hydrogen) atoms. The van der Waals surface area contributed by atoms with E-state index in [2.05, 4.69) is 28.7 Å². The molecule has 5 heteroatoms. The molecule has 1 fully saturated rings. The predicted octanol–water partition coefficient (Wildman–Crippen LogP) is 4.75. The molecule has 1 aromatic carbocycles. The molecule has 0 spiro atoms. The van der Waals surface area contributed by atoms with Crippen LogP contribution >= 0.6 is 0 Å². The smallest absolute Gasteiger partial charge is 0.229 e. The maximum absolute atomic E-state index is 11.2. The van der Waals surface area contributed by atoms with Gasteiger partial charge in [-0.05, 0) is 49.5 Å². The van der Waals surface area contributed by atoms with Crippen LogP contribution in [-0.2, 0) is 10.0 Å². The molecule has 2 rings (SSSR count). The molecular weight excluding hydrogens is 344 g/mol. The topological polar surface area (TPSA) is 49.4 Å². The SMILES string of the molecule is CCN(CCC=Cc1ccc(NS(C)(=O)=O)cc1)CCC1CCCCC1. The van der Waals surface area contributed by atoms with Gasteiger partial charge in [0.25, 0.3) is 0 Å². The van der Waals surface area contributed by atoms with E-state index in [1.54, 1.807) is 12.1 Å². The highest BCUT2D eigenvalue weighted by molar-refractivity contribution is 7.92. The lowest BCUT2D eigenvalue weighted by Gasteiger charge is -2.26. The molecule has 1 saturated carbocycles. The van der Waals surface area contributed by atoms with Crippen LogP contribution in [0, 0.1) is 5.92 Å². The Hall–Kier alpha value is -1.33. The van der Waals surface area contributed by atoms with Crippen LogP contribution in [0.25, 0.3) is 6.08 Å². The van der Waals surface area contributed by atoms with Crippen LogP contribution in [0.15, 0.2) is 30.3 Å². The lowest BCUT2D eigenvalue weighted by Crippen LogP contribution is -2.27. The Balaban J connectivity index is 1.71. The van der Waals surface area contributed by atoms with E-state index < -0.39 is 10.0 Å². The number of nitrogens with one attached hydrogen (secondary N) is 1. The molecular formula is C21H34N2O2S. The van der Waals surface area contributed by atoms with E-state index in [1.807, 2.05) is 12.1 Å². The average Bonchev–Trinajstić information content (AvgIpc) is 2.62. The summed E-state index contributed by atoms with van der Waals surface area (Å²) in [5.74, 6) is 0.951. The van der Waals surface area contributed by atoms with E-state index in [4.69, 9.17) is 0 Å². The molecule has 0 unspecified atom stereocenters. The van der Waals surface area contributed by atoms with Crippen molar-refractivity contribution in [3.63, 3.8) is 0 Å². The number of benzene rings is 1. The quantitative estimate of drug-likeness (QED) is 0.639. The summed E-state index contributed by atoms with van der Waals surface area (Å²) in [5.41, 5.74) is 1.69. The molecule has 1 aromatic rings. The van der Waals surface area contributed by atoms with Crippen LogP contribution < -0.4 is 4.72 Å². The lowest BCUT2D eigenvalue weighted by atomic mass is 9.87. The summed E-state index contributed by atoms with van der Waals surface area (Å²) >= 11 is 0. The molecule has 0 atom stereocenters. The first-order valence-corrected chi connectivity index (χ1v) is 11.8. The molecule has 0 bridgehead atoms. The van der Waals surface area contributed by atoms with Gasteiger partial charge in [-0.25, -0.2) is 8.42 Å². The first-order valence-electron chi connectivity index (χ1n) is 9.93. The summed E-state index contributed by atoms with van der Waals surface area (Å²) in [7, 11) is -3.21. The number of nitrogens with zero attached hydrogens (tertiary/aromatic N) is 1. The van der Waals surface area contributed by atoms with Gasteiger partial charge < -0.3 is 4.90 Å². The Bertz CT molecular complexity index is 647. The Labute approximate surface area is 159 Å². The van der Waals surface area contributed by atoms with Crippen LogP contribution in [0.1, 0.15) is 57.4 Å². The molecule has 146 valence electrons. The molecule has 1 aliphatic rings. The molecule has 0 radical (unpaired) electrons. The minimum atomic E-state index is -3.21. The van der Waals surface area contributed by atoms with Gasteiger partial charge in [0.2, 0.25) is 10.0 Å². The highest BCUT2D eigenvalue weighted by Gasteiger charge is 2.14. The molecule has 0 aliphatic heterocycles. The van der Waals surface area contributed by atoms with E-state index >= 15 is 0 Å². The number of rotatable bonds is 10. The molecule has 0 heterocycles. The second kappa shape index (κ2) is 10.7. The van der Waals surface area contributed by atoms with Crippen molar-refractivity contribution in [2.75, 3.05) is 30.6 Å². The highest BCUT2D eigenvalue weighted by atomic mass is 32.2. The predicted molar refractivity (Wildman–Crippen MR) is 112 cm³/mol. The van der Waals surface area contributed by atoms with Gasteiger partial charge in [-0.3, -0.25) is 4.72 Å². The minimum Gasteiger partial charge on any atom is -0.303 e. The summed E-state index contributed by atoms with van der Waals surface area (Å²) in [6.45, 7) is 5.69. The second-order valence-electron chi connectivity index (χ2n) is 7.41. The number of hydrogen-bond acceptors (Lipinski definition) is 3. The minimum absolute atomic E-state index is 0.601. The third-order valence-electron chi connectivity index (χ3n) is 5.16. The number of anilines is 1. The summed E-state index contributed by atoms with van der Waals surface area (Å²) in [4.78, 5) is 2.55. The van der Waals surface area contributed by atoms with Gasteiger partial charge in [0.05, 0.1) is 6.26 Å². The lowest BCUT2D eigenvalue weighted by molar-refractivity contribution is 0.243. The van der Waals surface area contributed by atoms with Gasteiger partial charge in [0.1, 0.15) is 0 Å². The fraction of sp³-hybridized carbons (Fsp3) is 0.619. The first kappa shape index (κ1) is 21.0. The Kier molecular flexibility index (Phi) is 8.66. The van der Waals surface area contributed by atoms with Crippen molar-refractivity contribution in [2.24, 2.45) is 5.92 Å². The van der Waals surface area contributed by atoms with Crippen LogP contribution in [0.4, 0.5) is 5.69 Å². The molecule has 1 N–H and O–H groups in total. The van der Waals surface area contributed by atoms with Crippen LogP contribution in [0.3, 0.4) is 0 Å². The van der Waals surface area contributed by atoms with Crippen molar-refractivity contribution in [2.45, 2.75) is 51.9 Å². The highest BCUT2D eigenvalue weighted by Crippen LogP contribution is 2.26. The third kappa shape index (κ3) is 8.37. The monoisotopic (exact) mass is 378 g/mol. The van der Waals surface area contributed by atoms with E-state index in [1.165, 1.54) is 45.1 Å². The first-order chi connectivity index (χ1) is 12.5. The van der Waals surface area contributed by atoms with E-state index in [0.717, 1.165) is 37.2 Å². The molecule has 4 nitrogen and oxygen atoms in total. The molecule has 0 saturated heterocycles. The average molecular weight is 379 g/mol. The zero-order valence-electron chi connectivity index (χ0n) is 16.3. The normalized spacial score (nSPS) is 16.4. The second-order valence-corrected chi connectivity index (χ2v) is 9.16. The largest absolute Gasteiger partial charge is 0.303 e. The molecule has 1 aliphatic carbocycles. The standard InChI is InChI=1S/C21H34N2O2S/c1-3-23(18-16-19-9-5-4-6-10-19)17-8-7-11-20-12-14-21(15-13-20)22-26(2,24)25/h7,11-15,19,22H,3-6,8-10,16-18H2,1-2H3. The fourth-order valence-corrected chi connectivity index (χ4v) is 4.19. The zero-order valence-corrected chi connectivity index (χ0v) is 17.1. The van der Waals surface area contributed by atoms with Crippen molar-refractivity contribution in [1.29, 1.82) is 0 Å². The van der Waals surface area contributed by atoms with Crippen molar-refractivity contribution < 1.29 is 8.42 Å². The van der Waals surface area contributed by atoms with Gasteiger partial charge in [-0.15, -0.1) is 0 Å². The van der Waals surface area contributed by atoms with Gasteiger partial charge in [-0.2, -0.15) is 0 Å². The van der Waals surface area contributed by atoms with Gasteiger partial charge in [0, 0.05) is 12.2 Å². The third-order valence-corrected chi connectivity index (χ3v) is 5.77. The zero-order chi connectivity index (χ0) is 18.8. The summed E-state index contributed by atoms with van der Waals surface area (Å²) in [5, 5.41) is 0. The Morgan fingerprint density at radius 2 is 1.81 bits per heavy atom. The number of sulfonamides is 1. The van der Waals surface area contributed by atoms with Crippen LogP contribution in [0.2, 0.25) is 0 Å². The van der Waals surface area contributed by atoms with Gasteiger partial charge in [0.15, 0.2) is 0 Å². The maximum Gasteiger partial charge on any atom is 0.229 e. The van der Waals surface area contributed by atoms with Crippen molar-refractivity contribution in [1.82, 2.24) is 4.90 Å². The van der Waals surface area contributed by atoms with Crippen molar-refractivity contribution in [3.05, 3.63) is 35.9 Å². The van der Waals surface area contributed by atoms with E-state index in [-0.39, 0.29) is 0 Å². The van der Waals surface area contributed by atoms with Crippen molar-refractivity contribution in [3.8, 4) is 0 Å². The number of hydrogen-bond donors (Lipinski definition) is 1. The molecule has 0 amide bonds. The summed E-state index contributed by atoms with van der Waals surface area (Å²) < 4.78 is 24.9. The maximum atomic E-state index is 11.2. The van der Waals surface area contributed by atoms with Crippen molar-refractivity contribution >= 4 is 21.8 Å². The van der Waals surface area contributed by atoms with E-state index in [0.29, 0.717) is 5.69 Å². The van der Waals surface area contributed by atoms with Gasteiger partial charge >= 0.3 is 0 Å². The van der Waals surface area contributed by atoms with Gasteiger partial charge in [-0.1, -0.05) is 63.3 Å².